The van der Waals surface area contributed by atoms with Gasteiger partial charge in [0.15, 0.2) is 22.5 Å². The van der Waals surface area contributed by atoms with Gasteiger partial charge >= 0.3 is 0 Å². The molecule has 3 rings (SSSR count). The van der Waals surface area contributed by atoms with Crippen molar-refractivity contribution in [2.75, 3.05) is 23.3 Å². The van der Waals surface area contributed by atoms with Gasteiger partial charge < -0.3 is 15.3 Å². The zero-order chi connectivity index (χ0) is 16.2. The lowest BCUT2D eigenvalue weighted by molar-refractivity contribution is -0.120. The molecular weight excluding hydrogens is 318 g/mol. The molecule has 1 atom stereocenters. The van der Waals surface area contributed by atoms with E-state index in [4.69, 9.17) is 11.6 Å². The van der Waals surface area contributed by atoms with E-state index in [9.17, 15) is 9.90 Å². The first-order valence-corrected chi connectivity index (χ1v) is 7.70. The van der Waals surface area contributed by atoms with Crippen LogP contribution in [-0.4, -0.2) is 39.3 Å². The molecule has 1 saturated heterocycles. The van der Waals surface area contributed by atoms with Gasteiger partial charge in [0.25, 0.3) is 0 Å². The first kappa shape index (κ1) is 15.5. The third-order valence-corrected chi connectivity index (χ3v) is 3.96. The van der Waals surface area contributed by atoms with Crippen LogP contribution in [0.15, 0.2) is 30.5 Å². The van der Waals surface area contributed by atoms with Crippen molar-refractivity contribution in [2.24, 2.45) is 5.92 Å². The minimum atomic E-state index is -0.206. The molecule has 3 heterocycles. The molecule has 1 fully saturated rings. The van der Waals surface area contributed by atoms with Crippen LogP contribution in [0.25, 0.3) is 0 Å². The summed E-state index contributed by atoms with van der Waals surface area (Å²) in [5, 5.41) is 20.6. The SMILES string of the molecule is O=C(Nc1ncccc1O)[C@@H]1CCCN(c2ccc(Cl)nn2)C1. The monoisotopic (exact) mass is 333 g/mol. The van der Waals surface area contributed by atoms with Crippen molar-refractivity contribution in [1.82, 2.24) is 15.2 Å². The van der Waals surface area contributed by atoms with Gasteiger partial charge in [-0.2, -0.15) is 0 Å². The van der Waals surface area contributed by atoms with Crippen LogP contribution in [0.3, 0.4) is 0 Å². The van der Waals surface area contributed by atoms with Gasteiger partial charge in [-0.15, -0.1) is 10.2 Å². The zero-order valence-electron chi connectivity index (χ0n) is 12.3. The highest BCUT2D eigenvalue weighted by molar-refractivity contribution is 6.29. The maximum absolute atomic E-state index is 12.4. The number of pyridine rings is 1. The molecule has 1 aliphatic rings. The zero-order valence-corrected chi connectivity index (χ0v) is 13.1. The third kappa shape index (κ3) is 3.68. The fraction of sp³-hybridized carbons (Fsp3) is 0.333. The Balaban J connectivity index is 1.67. The predicted molar refractivity (Wildman–Crippen MR) is 86.5 cm³/mol. The topological polar surface area (TPSA) is 91.2 Å². The van der Waals surface area contributed by atoms with E-state index in [0.29, 0.717) is 17.5 Å². The summed E-state index contributed by atoms with van der Waals surface area (Å²) in [4.78, 5) is 18.4. The van der Waals surface area contributed by atoms with Crippen molar-refractivity contribution in [2.45, 2.75) is 12.8 Å². The summed E-state index contributed by atoms with van der Waals surface area (Å²) >= 11 is 5.75. The Kier molecular flexibility index (Phi) is 4.57. The summed E-state index contributed by atoms with van der Waals surface area (Å²) in [6.45, 7) is 1.35. The molecule has 0 aliphatic carbocycles. The molecule has 1 amide bonds. The van der Waals surface area contributed by atoms with Crippen molar-refractivity contribution in [1.29, 1.82) is 0 Å². The number of rotatable bonds is 3. The van der Waals surface area contributed by atoms with Crippen LogP contribution in [0.4, 0.5) is 11.6 Å². The molecular formula is C15H16ClN5O2. The number of aromatic nitrogens is 3. The average molecular weight is 334 g/mol. The van der Waals surface area contributed by atoms with Crippen LogP contribution in [0, 0.1) is 5.92 Å². The second-order valence-electron chi connectivity index (χ2n) is 5.36. The highest BCUT2D eigenvalue weighted by atomic mass is 35.5. The van der Waals surface area contributed by atoms with E-state index in [1.807, 2.05) is 4.90 Å². The summed E-state index contributed by atoms with van der Waals surface area (Å²) in [7, 11) is 0. The normalized spacial score (nSPS) is 17.8. The van der Waals surface area contributed by atoms with Gasteiger partial charge in [0, 0.05) is 19.3 Å². The molecule has 8 heteroatoms. The molecule has 0 unspecified atom stereocenters. The highest BCUT2D eigenvalue weighted by Gasteiger charge is 2.27. The lowest BCUT2D eigenvalue weighted by atomic mass is 9.97. The molecule has 0 radical (unpaired) electrons. The number of nitrogens with one attached hydrogen (secondary N) is 1. The number of nitrogens with zero attached hydrogens (tertiary/aromatic N) is 4. The number of carbonyl (C=O) groups excluding carboxylic acids is 1. The number of halogens is 1. The number of anilines is 2. The summed E-state index contributed by atoms with van der Waals surface area (Å²) in [5.41, 5.74) is 0. The molecule has 2 aromatic heterocycles. The van der Waals surface area contributed by atoms with Crippen LogP contribution in [0.2, 0.25) is 5.15 Å². The van der Waals surface area contributed by atoms with Crippen LogP contribution in [0.5, 0.6) is 5.75 Å². The third-order valence-electron chi connectivity index (χ3n) is 3.76. The van der Waals surface area contributed by atoms with Gasteiger partial charge in [-0.1, -0.05) is 11.6 Å². The minimum Gasteiger partial charge on any atom is -0.504 e. The number of hydrogen-bond donors (Lipinski definition) is 2. The lowest BCUT2D eigenvalue weighted by Gasteiger charge is -2.32. The summed E-state index contributed by atoms with van der Waals surface area (Å²) in [5.74, 6) is 0.471. The maximum Gasteiger partial charge on any atom is 0.230 e. The van der Waals surface area contributed by atoms with Crippen LogP contribution in [-0.2, 0) is 4.79 Å². The number of carbonyl (C=O) groups is 1. The van der Waals surface area contributed by atoms with Crippen molar-refractivity contribution in [3.05, 3.63) is 35.6 Å². The van der Waals surface area contributed by atoms with Crippen LogP contribution < -0.4 is 10.2 Å². The first-order chi connectivity index (χ1) is 11.1. The minimum absolute atomic E-state index is 0.0444. The Labute approximate surface area is 138 Å². The molecule has 2 N–H and O–H groups in total. The Hall–Kier alpha value is -2.41. The summed E-state index contributed by atoms with van der Waals surface area (Å²) in [6.07, 6.45) is 3.17. The number of hydrogen-bond acceptors (Lipinski definition) is 6. The molecule has 120 valence electrons. The molecule has 0 spiro atoms. The largest absolute Gasteiger partial charge is 0.504 e. The number of aromatic hydroxyl groups is 1. The average Bonchev–Trinajstić information content (AvgIpc) is 2.58. The Morgan fingerprint density at radius 2 is 2.22 bits per heavy atom. The Morgan fingerprint density at radius 1 is 1.35 bits per heavy atom. The molecule has 0 saturated carbocycles. The summed E-state index contributed by atoms with van der Waals surface area (Å²) in [6, 6.07) is 6.56. The smallest absolute Gasteiger partial charge is 0.230 e. The van der Waals surface area contributed by atoms with E-state index in [0.717, 1.165) is 19.4 Å². The van der Waals surface area contributed by atoms with Crippen molar-refractivity contribution in [3.8, 4) is 5.75 Å². The van der Waals surface area contributed by atoms with Gasteiger partial charge in [0.05, 0.1) is 5.92 Å². The first-order valence-electron chi connectivity index (χ1n) is 7.32. The van der Waals surface area contributed by atoms with Crippen molar-refractivity contribution >= 4 is 29.1 Å². The second kappa shape index (κ2) is 6.78. The molecule has 7 nitrogen and oxygen atoms in total. The highest BCUT2D eigenvalue weighted by Crippen LogP contribution is 2.24. The molecule has 23 heavy (non-hydrogen) atoms. The Morgan fingerprint density at radius 3 is 2.96 bits per heavy atom. The predicted octanol–water partition coefficient (Wildman–Crippen LogP) is 2.09. The molecule has 0 bridgehead atoms. The van der Waals surface area contributed by atoms with E-state index in [1.165, 1.54) is 12.3 Å². The van der Waals surface area contributed by atoms with Crippen LogP contribution >= 0.6 is 11.6 Å². The van der Waals surface area contributed by atoms with Gasteiger partial charge in [-0.25, -0.2) is 4.98 Å². The number of amides is 1. The van der Waals surface area contributed by atoms with Gasteiger partial charge in [0.1, 0.15) is 0 Å². The number of piperidine rings is 1. The quantitative estimate of drug-likeness (QED) is 0.893. The Bertz CT molecular complexity index is 695. The van der Waals surface area contributed by atoms with Crippen molar-refractivity contribution < 1.29 is 9.90 Å². The molecule has 0 aromatic carbocycles. The molecule has 1 aliphatic heterocycles. The van der Waals surface area contributed by atoms with E-state index < -0.39 is 0 Å². The van der Waals surface area contributed by atoms with E-state index in [-0.39, 0.29) is 23.4 Å². The van der Waals surface area contributed by atoms with Gasteiger partial charge in [0.2, 0.25) is 5.91 Å². The lowest BCUT2D eigenvalue weighted by Crippen LogP contribution is -2.41. The van der Waals surface area contributed by atoms with E-state index in [1.54, 1.807) is 18.2 Å². The standard InChI is InChI=1S/C15H16ClN5O2/c16-12-5-6-13(20-19-12)21-8-2-3-10(9-21)15(23)18-14-11(22)4-1-7-17-14/h1,4-7,10,22H,2-3,8-9H2,(H,17,18,23)/t10-/m1/s1. The van der Waals surface area contributed by atoms with Gasteiger partial charge in [-0.3, -0.25) is 4.79 Å². The van der Waals surface area contributed by atoms with Crippen LogP contribution in [0.1, 0.15) is 12.8 Å². The molecule has 2 aromatic rings. The van der Waals surface area contributed by atoms with Crippen molar-refractivity contribution in [3.63, 3.8) is 0 Å². The van der Waals surface area contributed by atoms with E-state index in [2.05, 4.69) is 20.5 Å². The summed E-state index contributed by atoms with van der Waals surface area (Å²) < 4.78 is 0. The van der Waals surface area contributed by atoms with Gasteiger partial charge in [-0.05, 0) is 37.1 Å². The second-order valence-corrected chi connectivity index (χ2v) is 5.75. The maximum atomic E-state index is 12.4. The van der Waals surface area contributed by atoms with E-state index >= 15 is 0 Å². The fourth-order valence-corrected chi connectivity index (χ4v) is 2.69. The fourth-order valence-electron chi connectivity index (χ4n) is 2.59.